The molecule has 336 valence electrons. The first-order chi connectivity index (χ1) is 28.2. The maximum atomic E-state index is 14.8. The number of nitrogens with zero attached hydrogens (tertiary/aromatic N) is 5. The Morgan fingerprint density at radius 2 is 1.16 bits per heavy atom. The van der Waals surface area contributed by atoms with Crippen LogP contribution >= 0.6 is 12.4 Å². The van der Waals surface area contributed by atoms with Crippen LogP contribution in [0, 0.1) is 29.3 Å². The molecule has 2 aromatic heterocycles. The number of piperidine rings is 2. The van der Waals surface area contributed by atoms with Crippen LogP contribution < -0.4 is 15.5 Å². The zero-order chi connectivity index (χ0) is 43.3. The molecule has 0 radical (unpaired) electrons. The molecule has 3 aromatic rings. The molecule has 61 heavy (non-hydrogen) atoms. The fraction of sp³-hybridized carbons (Fsp3) is 0.575. The van der Waals surface area contributed by atoms with Gasteiger partial charge < -0.3 is 15.5 Å². The Morgan fingerprint density at radius 3 is 1.61 bits per heavy atom. The SMILES string of the molecule is Cl.NCc1cc(N2C3CCC2CC(C(F)(F)F)C3)c(F)cn1.O=C(CCc1cc(N2C3CCC2CC(C(F)(F)F)C3)c(F)cn1)[C@@H]1C[C@@H](F)CN1S(=O)(=O)c1ccc(F)cc1. The summed E-state index contributed by atoms with van der Waals surface area (Å²) in [6.45, 7) is -0.326. The third-order valence-electron chi connectivity index (χ3n) is 12.6. The molecule has 5 saturated heterocycles. The zero-order valence-electron chi connectivity index (χ0n) is 32.6. The summed E-state index contributed by atoms with van der Waals surface area (Å²) in [5.74, 6) is -5.04. The van der Waals surface area contributed by atoms with Gasteiger partial charge in [0.1, 0.15) is 12.0 Å². The van der Waals surface area contributed by atoms with Gasteiger partial charge in [-0.25, -0.2) is 26.0 Å². The van der Waals surface area contributed by atoms with Crippen LogP contribution in [-0.2, 0) is 27.8 Å². The quantitative estimate of drug-likeness (QED) is 0.213. The van der Waals surface area contributed by atoms with Crippen LogP contribution in [0.2, 0.25) is 0 Å². The summed E-state index contributed by atoms with van der Waals surface area (Å²) in [5.41, 5.74) is 6.86. The maximum Gasteiger partial charge on any atom is 0.391 e. The van der Waals surface area contributed by atoms with Crippen molar-refractivity contribution in [3.05, 3.63) is 77.6 Å². The highest BCUT2D eigenvalue weighted by molar-refractivity contribution is 7.89. The van der Waals surface area contributed by atoms with E-state index < -0.39 is 88.3 Å². The number of sulfonamides is 1. The topological polar surface area (TPSA) is 113 Å². The second-order valence-electron chi connectivity index (χ2n) is 16.3. The minimum Gasteiger partial charge on any atom is -0.363 e. The molecule has 0 amide bonds. The Morgan fingerprint density at radius 1 is 0.721 bits per heavy atom. The summed E-state index contributed by atoms with van der Waals surface area (Å²) in [7, 11) is -4.26. The second-order valence-corrected chi connectivity index (χ2v) is 18.2. The van der Waals surface area contributed by atoms with Crippen LogP contribution in [0.15, 0.2) is 53.7 Å². The number of Topliss-reactive ketones (excluding diaryl/α,β-unsaturated/α-hetero) is 1. The van der Waals surface area contributed by atoms with Crippen molar-refractivity contribution in [1.29, 1.82) is 0 Å². The van der Waals surface area contributed by atoms with Crippen LogP contribution in [0.3, 0.4) is 0 Å². The number of aryl methyl sites for hydroxylation is 1. The van der Waals surface area contributed by atoms with E-state index in [-0.39, 0.29) is 86.6 Å². The lowest BCUT2D eigenvalue weighted by atomic mass is 9.89. The molecule has 6 atom stereocenters. The molecule has 0 saturated carbocycles. The molecule has 21 heteroatoms. The minimum absolute atomic E-state index is 0. The van der Waals surface area contributed by atoms with Gasteiger partial charge in [-0.1, -0.05) is 0 Å². The molecule has 7 heterocycles. The molecule has 5 fully saturated rings. The molecular formula is C40H45ClF10N6O3S. The van der Waals surface area contributed by atoms with Crippen LogP contribution in [0.25, 0.3) is 0 Å². The van der Waals surface area contributed by atoms with Gasteiger partial charge in [0.05, 0.1) is 52.2 Å². The number of alkyl halides is 7. The largest absolute Gasteiger partial charge is 0.391 e. The standard InChI is InChI=1S/C26H27F6N3O3S.C14H17F4N3.ClH/c27-16-1-6-21(7-2-16)39(37,38)34-14-17(28)11-24(34)25(36)8-3-18-12-23(22(29)13-33-18)35-19-4-5-20(35)10-15(9-19)26(30,31)32;15-12-7-20-9(6-19)5-13(12)21-10-1-2-11(21)4-8(3-10)14(16,17)18;/h1-2,6-7,12-13,15,17,19-20,24H,3-5,8-11,14H2;5,7-8,10-11H,1-4,6,19H2;1H/t15?,17-,19?,20?,24+;;/m1../s1. The van der Waals surface area contributed by atoms with Gasteiger partial charge in [-0.2, -0.15) is 30.6 Å². The van der Waals surface area contributed by atoms with Crippen molar-refractivity contribution < 1.29 is 57.1 Å². The van der Waals surface area contributed by atoms with E-state index in [9.17, 15) is 57.1 Å². The van der Waals surface area contributed by atoms with Gasteiger partial charge in [-0.3, -0.25) is 14.8 Å². The predicted molar refractivity (Wildman–Crippen MR) is 207 cm³/mol. The number of hydrogen-bond acceptors (Lipinski definition) is 8. The highest BCUT2D eigenvalue weighted by Crippen LogP contribution is 2.49. The smallest absolute Gasteiger partial charge is 0.363 e. The van der Waals surface area contributed by atoms with E-state index in [0.29, 0.717) is 42.8 Å². The number of carbonyl (C=O) groups excluding carboxylic acids is 1. The van der Waals surface area contributed by atoms with Crippen molar-refractivity contribution in [3.63, 3.8) is 0 Å². The molecule has 8 rings (SSSR count). The Kier molecular flexibility index (Phi) is 13.9. The molecule has 2 N–H and O–H groups in total. The number of fused-ring (bicyclic) bond motifs is 4. The van der Waals surface area contributed by atoms with Gasteiger partial charge in [-0.15, -0.1) is 12.4 Å². The van der Waals surface area contributed by atoms with E-state index in [1.165, 1.54) is 6.07 Å². The number of nitrogens with two attached hydrogens (primary N) is 1. The summed E-state index contributed by atoms with van der Waals surface area (Å²) in [6.07, 6.45) is -6.18. The number of anilines is 2. The summed E-state index contributed by atoms with van der Waals surface area (Å²) in [6, 6.07) is 4.35. The van der Waals surface area contributed by atoms with Crippen LogP contribution in [0.1, 0.15) is 75.6 Å². The van der Waals surface area contributed by atoms with Gasteiger partial charge >= 0.3 is 12.4 Å². The lowest BCUT2D eigenvalue weighted by Crippen LogP contribution is -2.47. The minimum atomic E-state index is -4.30. The van der Waals surface area contributed by atoms with E-state index in [1.807, 2.05) is 4.90 Å². The Hall–Kier alpha value is -3.75. The number of pyridine rings is 2. The first-order valence-electron chi connectivity index (χ1n) is 19.9. The molecule has 0 aliphatic carbocycles. The summed E-state index contributed by atoms with van der Waals surface area (Å²) >= 11 is 0. The lowest BCUT2D eigenvalue weighted by molar-refractivity contribution is -0.182. The third-order valence-corrected chi connectivity index (χ3v) is 14.5. The molecular weight excluding hydrogens is 870 g/mol. The molecule has 4 bridgehead atoms. The number of rotatable bonds is 9. The molecule has 5 aliphatic heterocycles. The van der Waals surface area contributed by atoms with Crippen molar-refractivity contribution in [2.45, 2.75) is 131 Å². The number of ketones is 1. The van der Waals surface area contributed by atoms with E-state index >= 15 is 0 Å². The number of carbonyl (C=O) groups is 1. The lowest BCUT2D eigenvalue weighted by Gasteiger charge is -2.41. The summed E-state index contributed by atoms with van der Waals surface area (Å²) < 4.78 is 162. The Labute approximate surface area is 352 Å². The van der Waals surface area contributed by atoms with Crippen molar-refractivity contribution >= 4 is 39.6 Å². The van der Waals surface area contributed by atoms with E-state index in [4.69, 9.17) is 5.73 Å². The zero-order valence-corrected chi connectivity index (χ0v) is 34.2. The summed E-state index contributed by atoms with van der Waals surface area (Å²) in [4.78, 5) is 24.2. The Bertz CT molecular complexity index is 2120. The van der Waals surface area contributed by atoms with Crippen molar-refractivity contribution in [3.8, 4) is 0 Å². The number of halogens is 11. The van der Waals surface area contributed by atoms with E-state index in [1.54, 1.807) is 11.0 Å². The number of aromatic nitrogens is 2. The highest BCUT2D eigenvalue weighted by atomic mass is 35.5. The molecule has 9 nitrogen and oxygen atoms in total. The van der Waals surface area contributed by atoms with Crippen molar-refractivity contribution in [2.75, 3.05) is 16.3 Å². The average molecular weight is 915 g/mol. The monoisotopic (exact) mass is 914 g/mol. The van der Waals surface area contributed by atoms with Crippen LogP contribution in [-0.4, -0.2) is 83.8 Å². The molecule has 4 unspecified atom stereocenters. The predicted octanol–water partition coefficient (Wildman–Crippen LogP) is 8.38. The number of benzene rings is 1. The van der Waals surface area contributed by atoms with Crippen LogP contribution in [0.4, 0.5) is 55.3 Å². The normalized spacial score (nSPS) is 27.7. The van der Waals surface area contributed by atoms with Gasteiger partial charge in [-0.05, 0) is 94.2 Å². The highest BCUT2D eigenvalue weighted by Gasteiger charge is 2.52. The van der Waals surface area contributed by atoms with Crippen molar-refractivity contribution in [1.82, 2.24) is 14.3 Å². The molecule has 0 spiro atoms. The van der Waals surface area contributed by atoms with Gasteiger partial charge in [0.25, 0.3) is 0 Å². The number of hydrogen-bond donors (Lipinski definition) is 1. The van der Waals surface area contributed by atoms with Gasteiger partial charge in [0, 0.05) is 55.8 Å². The summed E-state index contributed by atoms with van der Waals surface area (Å²) in [5, 5.41) is 0. The van der Waals surface area contributed by atoms with E-state index in [0.717, 1.165) is 41.0 Å². The fourth-order valence-corrected chi connectivity index (χ4v) is 11.4. The van der Waals surface area contributed by atoms with Crippen LogP contribution in [0.5, 0.6) is 0 Å². The Balaban J connectivity index is 0.000000238. The molecule has 1 aromatic carbocycles. The first kappa shape index (κ1) is 46.7. The average Bonchev–Trinajstić information content (AvgIpc) is 3.80. The first-order valence-corrected chi connectivity index (χ1v) is 21.3. The third kappa shape index (κ3) is 9.91. The second kappa shape index (κ2) is 18.2. The fourth-order valence-electron chi connectivity index (χ4n) is 9.73. The van der Waals surface area contributed by atoms with Gasteiger partial charge in [0.15, 0.2) is 17.4 Å². The maximum absolute atomic E-state index is 14.8. The van der Waals surface area contributed by atoms with E-state index in [2.05, 4.69) is 9.97 Å². The molecule has 5 aliphatic rings. The van der Waals surface area contributed by atoms with Gasteiger partial charge in [0.2, 0.25) is 10.0 Å². The van der Waals surface area contributed by atoms with Crippen molar-refractivity contribution in [2.24, 2.45) is 17.6 Å².